The molecule has 0 amide bonds. The van der Waals surface area contributed by atoms with E-state index in [0.717, 1.165) is 18.5 Å². The highest BCUT2D eigenvalue weighted by Gasteiger charge is 2.17. The number of halogens is 1. The van der Waals surface area contributed by atoms with Gasteiger partial charge in [-0.3, -0.25) is 4.98 Å². The monoisotopic (exact) mass is 302 g/mol. The van der Waals surface area contributed by atoms with Gasteiger partial charge in [-0.05, 0) is 43.1 Å². The van der Waals surface area contributed by atoms with Crippen molar-refractivity contribution in [3.05, 3.63) is 48.0 Å². The number of rotatable bonds is 6. The van der Waals surface area contributed by atoms with Crippen LogP contribution in [0.3, 0.4) is 0 Å². The number of aliphatic hydroxyl groups excluding tert-OH is 1. The topological polar surface area (TPSA) is 54.4 Å². The molecule has 0 aliphatic carbocycles. The summed E-state index contributed by atoms with van der Waals surface area (Å²) in [6.07, 6.45) is 4.88. The fourth-order valence-corrected chi connectivity index (χ4v) is 2.41. The van der Waals surface area contributed by atoms with E-state index in [2.05, 4.69) is 10.3 Å². The van der Waals surface area contributed by atoms with Gasteiger partial charge in [0.1, 0.15) is 18.2 Å². The van der Waals surface area contributed by atoms with Gasteiger partial charge in [-0.25, -0.2) is 4.39 Å². The van der Waals surface area contributed by atoms with E-state index in [9.17, 15) is 4.39 Å². The quantitative estimate of drug-likeness (QED) is 0.858. The molecule has 0 radical (unpaired) electrons. The summed E-state index contributed by atoms with van der Waals surface area (Å²) in [5.41, 5.74) is 2.05. The average Bonchev–Trinajstić information content (AvgIpc) is 2.48. The lowest BCUT2D eigenvalue weighted by atomic mass is 10.0. The third-order valence-electron chi connectivity index (χ3n) is 3.83. The van der Waals surface area contributed by atoms with Gasteiger partial charge in [0, 0.05) is 30.0 Å². The molecular weight excluding hydrogens is 283 g/mol. The first kappa shape index (κ1) is 14.9. The summed E-state index contributed by atoms with van der Waals surface area (Å²) in [5, 5.41) is 12.3. The summed E-state index contributed by atoms with van der Waals surface area (Å²) in [4.78, 5) is 4.14. The number of nitrogens with one attached hydrogen (secondary N) is 1. The largest absolute Gasteiger partial charge is 0.490 e. The van der Waals surface area contributed by atoms with Crippen molar-refractivity contribution < 1.29 is 14.2 Å². The zero-order chi connectivity index (χ0) is 15.4. The van der Waals surface area contributed by atoms with E-state index in [1.807, 2.05) is 0 Å². The maximum Gasteiger partial charge on any atom is 0.138 e. The lowest BCUT2D eigenvalue weighted by Crippen LogP contribution is -2.46. The normalized spacial score (nSPS) is 17.1. The molecule has 1 aromatic carbocycles. The van der Waals surface area contributed by atoms with Crippen molar-refractivity contribution in [3.8, 4) is 16.9 Å². The van der Waals surface area contributed by atoms with Crippen molar-refractivity contribution >= 4 is 0 Å². The standard InChI is InChI=1S/C17H19FN2O2/c18-17-2-1-12(4-6-21)7-16(17)13-8-15(10-19-9-13)22-11-14-3-5-20-14/h1-2,7-10,14,20-21H,3-6,11H2/t14-/m0/s1. The Morgan fingerprint density at radius 3 is 2.91 bits per heavy atom. The summed E-state index contributed by atoms with van der Waals surface area (Å²) in [7, 11) is 0. The number of aliphatic hydroxyl groups is 1. The van der Waals surface area contributed by atoms with Crippen molar-refractivity contribution in [1.29, 1.82) is 0 Å². The van der Waals surface area contributed by atoms with Crippen LogP contribution >= 0.6 is 0 Å². The van der Waals surface area contributed by atoms with Crippen molar-refractivity contribution in [2.45, 2.75) is 18.9 Å². The minimum absolute atomic E-state index is 0.0425. The van der Waals surface area contributed by atoms with Gasteiger partial charge in [0.25, 0.3) is 0 Å². The molecule has 2 heterocycles. The van der Waals surface area contributed by atoms with Crippen molar-refractivity contribution in [3.63, 3.8) is 0 Å². The molecule has 1 atom stereocenters. The Bertz CT molecular complexity index is 644. The number of aromatic nitrogens is 1. The van der Waals surface area contributed by atoms with Gasteiger partial charge < -0.3 is 15.2 Å². The van der Waals surface area contributed by atoms with E-state index in [0.29, 0.717) is 35.9 Å². The van der Waals surface area contributed by atoms with Crippen LogP contribution in [0, 0.1) is 5.82 Å². The van der Waals surface area contributed by atoms with Crippen molar-refractivity contribution in [2.24, 2.45) is 0 Å². The molecular formula is C17H19FN2O2. The Balaban J connectivity index is 1.79. The van der Waals surface area contributed by atoms with Gasteiger partial charge in [0.15, 0.2) is 0 Å². The minimum atomic E-state index is -0.304. The van der Waals surface area contributed by atoms with Crippen LogP contribution in [-0.2, 0) is 6.42 Å². The second-order valence-corrected chi connectivity index (χ2v) is 5.45. The molecule has 1 aliphatic rings. The first-order chi connectivity index (χ1) is 10.8. The summed E-state index contributed by atoms with van der Waals surface area (Å²) in [5.74, 6) is 0.333. The summed E-state index contributed by atoms with van der Waals surface area (Å²) >= 11 is 0. The fraction of sp³-hybridized carbons (Fsp3) is 0.353. The highest BCUT2D eigenvalue weighted by atomic mass is 19.1. The highest BCUT2D eigenvalue weighted by Crippen LogP contribution is 2.26. The number of hydrogen-bond donors (Lipinski definition) is 2. The molecule has 0 saturated carbocycles. The average molecular weight is 302 g/mol. The molecule has 3 rings (SSSR count). The number of benzene rings is 1. The van der Waals surface area contributed by atoms with E-state index in [1.165, 1.54) is 6.07 Å². The van der Waals surface area contributed by atoms with Crippen LogP contribution in [0.25, 0.3) is 11.1 Å². The van der Waals surface area contributed by atoms with Crippen molar-refractivity contribution in [1.82, 2.24) is 10.3 Å². The Morgan fingerprint density at radius 2 is 2.18 bits per heavy atom. The predicted octanol–water partition coefficient (Wildman–Crippen LogP) is 2.16. The zero-order valence-electron chi connectivity index (χ0n) is 12.3. The van der Waals surface area contributed by atoms with Crippen LogP contribution in [0.1, 0.15) is 12.0 Å². The predicted molar refractivity (Wildman–Crippen MR) is 82.3 cm³/mol. The molecule has 0 spiro atoms. The highest BCUT2D eigenvalue weighted by molar-refractivity contribution is 5.65. The van der Waals surface area contributed by atoms with E-state index in [1.54, 1.807) is 30.6 Å². The Kier molecular flexibility index (Phi) is 4.65. The second kappa shape index (κ2) is 6.85. The van der Waals surface area contributed by atoms with E-state index in [4.69, 9.17) is 9.84 Å². The van der Waals surface area contributed by atoms with Gasteiger partial charge in [-0.1, -0.05) is 6.07 Å². The van der Waals surface area contributed by atoms with Crippen LogP contribution in [0.5, 0.6) is 5.75 Å². The lowest BCUT2D eigenvalue weighted by molar-refractivity contribution is 0.217. The van der Waals surface area contributed by atoms with Gasteiger partial charge in [-0.2, -0.15) is 0 Å². The number of pyridine rings is 1. The van der Waals surface area contributed by atoms with E-state index >= 15 is 0 Å². The lowest BCUT2D eigenvalue weighted by Gasteiger charge is -2.27. The first-order valence-corrected chi connectivity index (χ1v) is 7.47. The number of nitrogens with zero attached hydrogens (tertiary/aromatic N) is 1. The van der Waals surface area contributed by atoms with Gasteiger partial charge in [-0.15, -0.1) is 0 Å². The maximum atomic E-state index is 14.1. The van der Waals surface area contributed by atoms with Crippen LogP contribution in [0.4, 0.5) is 4.39 Å². The molecule has 22 heavy (non-hydrogen) atoms. The summed E-state index contributed by atoms with van der Waals surface area (Å²) < 4.78 is 19.8. The molecule has 1 aliphatic heterocycles. The molecule has 1 saturated heterocycles. The molecule has 116 valence electrons. The minimum Gasteiger partial charge on any atom is -0.490 e. The maximum absolute atomic E-state index is 14.1. The first-order valence-electron chi connectivity index (χ1n) is 7.47. The van der Waals surface area contributed by atoms with Crippen molar-refractivity contribution in [2.75, 3.05) is 19.8 Å². The molecule has 0 bridgehead atoms. The van der Waals surface area contributed by atoms with E-state index < -0.39 is 0 Å². The summed E-state index contributed by atoms with van der Waals surface area (Å²) in [6, 6.07) is 7.05. The van der Waals surface area contributed by atoms with Gasteiger partial charge >= 0.3 is 0 Å². The summed E-state index contributed by atoms with van der Waals surface area (Å²) in [6.45, 7) is 1.67. The molecule has 0 unspecified atom stereocenters. The molecule has 2 aromatic rings. The van der Waals surface area contributed by atoms with Crippen LogP contribution in [0.2, 0.25) is 0 Å². The van der Waals surface area contributed by atoms with E-state index in [-0.39, 0.29) is 12.4 Å². The number of ether oxygens (including phenoxy) is 1. The molecule has 1 fully saturated rings. The molecule has 4 nitrogen and oxygen atoms in total. The SMILES string of the molecule is OCCc1ccc(F)c(-c2cncc(OC[C@@H]3CCN3)c2)c1. The Labute approximate surface area is 129 Å². The molecule has 2 N–H and O–H groups in total. The fourth-order valence-electron chi connectivity index (χ4n) is 2.41. The second-order valence-electron chi connectivity index (χ2n) is 5.45. The zero-order valence-corrected chi connectivity index (χ0v) is 12.3. The van der Waals surface area contributed by atoms with Gasteiger partial charge in [0.05, 0.1) is 6.20 Å². The Hall–Kier alpha value is -1.98. The third kappa shape index (κ3) is 3.43. The molecule has 1 aromatic heterocycles. The van der Waals surface area contributed by atoms with Crippen LogP contribution in [-0.4, -0.2) is 35.9 Å². The Morgan fingerprint density at radius 1 is 1.32 bits per heavy atom. The molecule has 5 heteroatoms. The third-order valence-corrected chi connectivity index (χ3v) is 3.83. The van der Waals surface area contributed by atoms with Gasteiger partial charge in [0.2, 0.25) is 0 Å². The van der Waals surface area contributed by atoms with Crippen LogP contribution < -0.4 is 10.1 Å². The van der Waals surface area contributed by atoms with Crippen LogP contribution in [0.15, 0.2) is 36.7 Å². The number of hydrogen-bond acceptors (Lipinski definition) is 4. The smallest absolute Gasteiger partial charge is 0.138 e.